The molecule has 1 N–H and O–H groups in total. The Kier molecular flexibility index (Phi) is 6.26. The molecule has 0 aromatic heterocycles. The van der Waals surface area contributed by atoms with Gasteiger partial charge in [0.15, 0.2) is 0 Å². The third-order valence-corrected chi connectivity index (χ3v) is 1.42. The van der Waals surface area contributed by atoms with Crippen LogP contribution in [0.4, 0.5) is 8.92 Å². The van der Waals surface area contributed by atoms with Gasteiger partial charge in [0.05, 0.1) is 0 Å². The first kappa shape index (κ1) is 13.8. The first-order chi connectivity index (χ1) is 4.41. The summed E-state index contributed by atoms with van der Waals surface area (Å²) in [6, 6.07) is 0. The summed E-state index contributed by atoms with van der Waals surface area (Å²) >= 11 is 0. The quantitative estimate of drug-likeness (QED) is 0.588. The van der Waals surface area contributed by atoms with Crippen LogP contribution in [-0.2, 0) is 19.3 Å². The SMILES string of the molecule is O=C(O)C(F)S(=O)(=O)OF.[NaH]. The van der Waals surface area contributed by atoms with Crippen molar-refractivity contribution < 1.29 is 31.6 Å². The van der Waals surface area contributed by atoms with Crippen LogP contribution in [0.15, 0.2) is 0 Å². The molecule has 9 heteroatoms. The number of rotatable bonds is 3. The summed E-state index contributed by atoms with van der Waals surface area (Å²) in [4.78, 5) is 9.50. The third kappa shape index (κ3) is 3.97. The van der Waals surface area contributed by atoms with Gasteiger partial charge in [0, 0.05) is 0 Å². The summed E-state index contributed by atoms with van der Waals surface area (Å²) in [5.41, 5.74) is -3.38. The maximum atomic E-state index is 11.8. The molecule has 0 rings (SSSR count). The van der Waals surface area contributed by atoms with E-state index in [1.807, 2.05) is 0 Å². The molecule has 0 amide bonds. The third-order valence-electron chi connectivity index (χ3n) is 0.535. The molecule has 0 aromatic carbocycles. The van der Waals surface area contributed by atoms with Crippen LogP contribution in [0.25, 0.3) is 0 Å². The van der Waals surface area contributed by atoms with E-state index in [2.05, 4.69) is 4.39 Å². The second-order valence-corrected chi connectivity index (χ2v) is 2.74. The molecule has 0 heterocycles. The Labute approximate surface area is 82.7 Å². The van der Waals surface area contributed by atoms with Gasteiger partial charge >= 0.3 is 51.1 Å². The van der Waals surface area contributed by atoms with Crippen molar-refractivity contribution in [2.75, 3.05) is 0 Å². The predicted octanol–water partition coefficient (Wildman–Crippen LogP) is -1.05. The number of carboxylic acid groups (broad SMARTS) is 1. The van der Waals surface area contributed by atoms with Gasteiger partial charge < -0.3 is 5.11 Å². The van der Waals surface area contributed by atoms with Gasteiger partial charge in [-0.3, -0.25) is 0 Å². The molecule has 0 aliphatic heterocycles. The van der Waals surface area contributed by atoms with Crippen LogP contribution in [-0.4, -0.2) is 54.6 Å². The molecule has 0 saturated carbocycles. The Morgan fingerprint density at radius 3 is 2.00 bits per heavy atom. The summed E-state index contributed by atoms with van der Waals surface area (Å²) in [6.07, 6.45) is 0. The molecule has 0 radical (unpaired) electrons. The Morgan fingerprint density at radius 1 is 1.55 bits per heavy atom. The summed E-state index contributed by atoms with van der Waals surface area (Å²) in [6.45, 7) is 0. The number of carboxylic acids is 1. The van der Waals surface area contributed by atoms with Gasteiger partial charge in [0.25, 0.3) is 0 Å². The van der Waals surface area contributed by atoms with Gasteiger partial charge in [0.1, 0.15) is 0 Å². The predicted molar refractivity (Wildman–Crippen MR) is 30.8 cm³/mol. The van der Waals surface area contributed by atoms with E-state index in [9.17, 15) is 22.1 Å². The zero-order valence-corrected chi connectivity index (χ0v) is 5.14. The van der Waals surface area contributed by atoms with E-state index in [1.165, 1.54) is 0 Å². The Bertz CT molecular complexity index is 225. The van der Waals surface area contributed by atoms with Gasteiger partial charge in [-0.05, 0) is 4.53 Å². The number of hydrogen-bond acceptors (Lipinski definition) is 4. The van der Waals surface area contributed by atoms with Crippen LogP contribution in [0, 0.1) is 0 Å². The molecule has 5 nitrogen and oxygen atoms in total. The Hall–Kier alpha value is 0.240. The van der Waals surface area contributed by atoms with Gasteiger partial charge in [-0.25, -0.2) is 9.18 Å². The van der Waals surface area contributed by atoms with Crippen molar-refractivity contribution >= 4 is 45.6 Å². The molecular formula is C2H3F2NaO5S. The van der Waals surface area contributed by atoms with Crippen LogP contribution in [0.5, 0.6) is 0 Å². The fraction of sp³-hybridized carbons (Fsp3) is 0.500. The van der Waals surface area contributed by atoms with Crippen LogP contribution in [0.3, 0.4) is 0 Å². The van der Waals surface area contributed by atoms with Gasteiger partial charge in [0.2, 0.25) is 0 Å². The molecular weight excluding hydrogens is 197 g/mol. The van der Waals surface area contributed by atoms with E-state index in [0.29, 0.717) is 0 Å². The van der Waals surface area contributed by atoms with Crippen molar-refractivity contribution in [2.24, 2.45) is 0 Å². The molecule has 0 fully saturated rings. The molecule has 1 unspecified atom stereocenters. The van der Waals surface area contributed by atoms with Crippen LogP contribution < -0.4 is 0 Å². The van der Waals surface area contributed by atoms with E-state index in [0.717, 1.165) is 0 Å². The van der Waals surface area contributed by atoms with Crippen molar-refractivity contribution in [3.8, 4) is 0 Å². The maximum absolute atomic E-state index is 11.8. The van der Waals surface area contributed by atoms with E-state index >= 15 is 0 Å². The molecule has 1 atom stereocenters. The minimum absolute atomic E-state index is 0. The molecule has 11 heavy (non-hydrogen) atoms. The fourth-order valence-corrected chi connectivity index (χ4v) is 0.466. The monoisotopic (exact) mass is 200 g/mol. The van der Waals surface area contributed by atoms with Crippen molar-refractivity contribution in [3.63, 3.8) is 0 Å². The number of carbonyl (C=O) groups is 1. The summed E-state index contributed by atoms with van der Waals surface area (Å²) in [7, 11) is -5.23. The molecule has 0 spiro atoms. The second kappa shape index (κ2) is 4.99. The second-order valence-electron chi connectivity index (χ2n) is 1.21. The molecule has 0 saturated heterocycles. The first-order valence-electron chi connectivity index (χ1n) is 1.82. The molecule has 0 aromatic rings. The summed E-state index contributed by atoms with van der Waals surface area (Å²) < 4.78 is 44.2. The first-order valence-corrected chi connectivity index (χ1v) is 3.30. The normalized spacial score (nSPS) is 13.3. The number of halogens is 2. The molecule has 0 bridgehead atoms. The number of alkyl halides is 1. The number of aliphatic carboxylic acids is 1. The Morgan fingerprint density at radius 2 is 1.91 bits per heavy atom. The van der Waals surface area contributed by atoms with Crippen molar-refractivity contribution in [3.05, 3.63) is 0 Å². The average Bonchev–Trinajstić information content (AvgIpc) is 1.86. The van der Waals surface area contributed by atoms with Gasteiger partial charge in [-0.15, -0.1) is 0 Å². The van der Waals surface area contributed by atoms with Crippen molar-refractivity contribution in [1.29, 1.82) is 0 Å². The summed E-state index contributed by atoms with van der Waals surface area (Å²) in [5.74, 6) is -2.32. The molecule has 0 aliphatic rings. The van der Waals surface area contributed by atoms with Crippen LogP contribution >= 0.6 is 0 Å². The Balaban J connectivity index is 0. The fourth-order valence-electron chi connectivity index (χ4n) is 0.155. The van der Waals surface area contributed by atoms with Crippen molar-refractivity contribution in [1.82, 2.24) is 0 Å². The van der Waals surface area contributed by atoms with E-state index in [1.54, 1.807) is 0 Å². The zero-order valence-electron chi connectivity index (χ0n) is 4.32. The number of hydrogen-bond donors (Lipinski definition) is 1. The van der Waals surface area contributed by atoms with Crippen LogP contribution in [0.2, 0.25) is 0 Å². The standard InChI is InChI=1S/C2H2F2O5S.Na.H/c3-1(2(5)6)10(7,8)9-4;;/h1H,(H,5,6);;. The molecule has 0 aliphatic carbocycles. The van der Waals surface area contributed by atoms with Gasteiger partial charge in [-0.1, -0.05) is 4.39 Å². The topological polar surface area (TPSA) is 80.7 Å². The summed E-state index contributed by atoms with van der Waals surface area (Å²) in [5, 5.41) is 7.65. The average molecular weight is 200 g/mol. The molecule has 62 valence electrons. The zero-order chi connectivity index (χ0) is 8.36. The van der Waals surface area contributed by atoms with E-state index in [-0.39, 0.29) is 29.6 Å². The van der Waals surface area contributed by atoms with Crippen molar-refractivity contribution in [2.45, 2.75) is 5.50 Å². The van der Waals surface area contributed by atoms with Gasteiger partial charge in [-0.2, -0.15) is 8.42 Å². The van der Waals surface area contributed by atoms with E-state index in [4.69, 9.17) is 5.11 Å². The van der Waals surface area contributed by atoms with Crippen LogP contribution in [0.1, 0.15) is 0 Å². The van der Waals surface area contributed by atoms with E-state index < -0.39 is 21.6 Å². The minimum atomic E-state index is -5.23.